The number of nitrogens with one attached hydrogen (secondary N) is 1. The normalized spacial score (nSPS) is 11.1. The summed E-state index contributed by atoms with van der Waals surface area (Å²) in [5.41, 5.74) is 5.99. The van der Waals surface area contributed by atoms with Crippen LogP contribution in [0.5, 0.6) is 0 Å². The topological polar surface area (TPSA) is 51.9 Å². The van der Waals surface area contributed by atoms with Gasteiger partial charge in [0.1, 0.15) is 5.82 Å². The summed E-state index contributed by atoms with van der Waals surface area (Å²) in [5, 5.41) is 3.03. The summed E-state index contributed by atoms with van der Waals surface area (Å²) in [7, 11) is 1.97. The number of carbonyl (C=O) groups excluding carboxylic acids is 1. The van der Waals surface area contributed by atoms with Gasteiger partial charge in [0.2, 0.25) is 0 Å². The first kappa shape index (κ1) is 18.0. The number of imidazole rings is 1. The third-order valence-electron chi connectivity index (χ3n) is 5.29. The van der Waals surface area contributed by atoms with E-state index in [4.69, 9.17) is 0 Å². The summed E-state index contributed by atoms with van der Waals surface area (Å²) < 4.78 is 4.20. The Labute approximate surface area is 164 Å². The monoisotopic (exact) mass is 372 g/mol. The van der Waals surface area contributed by atoms with Crippen LogP contribution in [0, 0.1) is 13.8 Å². The minimum atomic E-state index is -0.0699. The molecule has 0 aliphatic heterocycles. The minimum absolute atomic E-state index is 0.0699. The van der Waals surface area contributed by atoms with Crippen LogP contribution in [-0.4, -0.2) is 20.0 Å². The molecule has 4 aromatic rings. The summed E-state index contributed by atoms with van der Waals surface area (Å²) in [6.45, 7) is 5.20. The number of aryl methyl sites for hydroxylation is 2. The van der Waals surface area contributed by atoms with Gasteiger partial charge in [0.15, 0.2) is 0 Å². The molecule has 0 aliphatic rings. The van der Waals surface area contributed by atoms with Crippen molar-refractivity contribution < 1.29 is 4.79 Å². The molecular formula is C23H24N4O. The first-order valence-electron chi connectivity index (χ1n) is 9.44. The van der Waals surface area contributed by atoms with Crippen molar-refractivity contribution >= 4 is 16.9 Å². The molecule has 0 unspecified atom stereocenters. The number of benzene rings is 2. The number of fused-ring (bicyclic) bond motifs is 1. The molecule has 0 spiro atoms. The Bertz CT molecular complexity index is 1140. The van der Waals surface area contributed by atoms with Crippen molar-refractivity contribution in [2.24, 2.45) is 7.05 Å². The zero-order valence-corrected chi connectivity index (χ0v) is 16.4. The Kier molecular flexibility index (Phi) is 4.74. The van der Waals surface area contributed by atoms with E-state index in [0.717, 1.165) is 34.8 Å². The van der Waals surface area contributed by atoms with Gasteiger partial charge in [-0.25, -0.2) is 4.98 Å². The van der Waals surface area contributed by atoms with Crippen LogP contribution in [0.25, 0.3) is 11.0 Å². The van der Waals surface area contributed by atoms with Gasteiger partial charge in [0.25, 0.3) is 5.91 Å². The Morgan fingerprint density at radius 3 is 2.50 bits per heavy atom. The molecule has 2 heterocycles. The van der Waals surface area contributed by atoms with Crippen LogP contribution < -0.4 is 5.32 Å². The molecule has 142 valence electrons. The fourth-order valence-electron chi connectivity index (χ4n) is 3.65. The summed E-state index contributed by atoms with van der Waals surface area (Å²) in [4.78, 5) is 17.4. The fourth-order valence-corrected chi connectivity index (χ4v) is 3.65. The van der Waals surface area contributed by atoms with E-state index in [1.54, 1.807) is 0 Å². The van der Waals surface area contributed by atoms with E-state index in [1.807, 2.05) is 74.0 Å². The predicted molar refractivity (Wildman–Crippen MR) is 111 cm³/mol. The van der Waals surface area contributed by atoms with Gasteiger partial charge in [-0.3, -0.25) is 4.79 Å². The first-order valence-corrected chi connectivity index (χ1v) is 9.44. The molecule has 2 aromatic carbocycles. The van der Waals surface area contributed by atoms with Crippen molar-refractivity contribution in [3.8, 4) is 0 Å². The second-order valence-electron chi connectivity index (χ2n) is 7.11. The molecule has 4 rings (SSSR count). The van der Waals surface area contributed by atoms with E-state index in [1.165, 1.54) is 5.56 Å². The Morgan fingerprint density at radius 1 is 1.04 bits per heavy atom. The first-order chi connectivity index (χ1) is 13.5. The molecule has 0 radical (unpaired) electrons. The zero-order chi connectivity index (χ0) is 19.7. The van der Waals surface area contributed by atoms with Crippen LogP contribution >= 0.6 is 0 Å². The lowest BCUT2D eigenvalue weighted by atomic mass is 10.2. The molecule has 0 fully saturated rings. The van der Waals surface area contributed by atoms with E-state index in [-0.39, 0.29) is 5.91 Å². The molecule has 0 atom stereocenters. The highest BCUT2D eigenvalue weighted by Gasteiger charge is 2.16. The highest BCUT2D eigenvalue weighted by Crippen LogP contribution is 2.18. The van der Waals surface area contributed by atoms with Gasteiger partial charge in [-0.2, -0.15) is 0 Å². The number of hydrogen-bond acceptors (Lipinski definition) is 2. The minimum Gasteiger partial charge on any atom is -0.345 e. The Hall–Kier alpha value is -3.34. The van der Waals surface area contributed by atoms with Crippen LogP contribution in [-0.2, 0) is 20.1 Å². The van der Waals surface area contributed by atoms with Gasteiger partial charge in [-0.15, -0.1) is 0 Å². The second kappa shape index (κ2) is 7.35. The molecule has 1 N–H and O–H groups in total. The van der Waals surface area contributed by atoms with E-state index in [2.05, 4.69) is 27.0 Å². The van der Waals surface area contributed by atoms with Crippen molar-refractivity contribution in [2.75, 3.05) is 0 Å². The van der Waals surface area contributed by atoms with E-state index >= 15 is 0 Å². The van der Waals surface area contributed by atoms with Crippen molar-refractivity contribution in [1.82, 2.24) is 19.4 Å². The van der Waals surface area contributed by atoms with Gasteiger partial charge in [-0.05, 0) is 37.6 Å². The van der Waals surface area contributed by atoms with Crippen LogP contribution in [0.2, 0.25) is 0 Å². The Morgan fingerprint density at radius 2 is 1.75 bits per heavy atom. The summed E-state index contributed by atoms with van der Waals surface area (Å²) in [6, 6.07) is 20.2. The lowest BCUT2D eigenvalue weighted by Crippen LogP contribution is -2.25. The second-order valence-corrected chi connectivity index (χ2v) is 7.11. The van der Waals surface area contributed by atoms with Crippen LogP contribution in [0.1, 0.15) is 33.1 Å². The number of hydrogen-bond donors (Lipinski definition) is 1. The molecule has 0 saturated carbocycles. The number of aromatic nitrogens is 3. The number of carbonyl (C=O) groups is 1. The highest BCUT2D eigenvalue weighted by molar-refractivity contribution is 5.95. The third kappa shape index (κ3) is 3.31. The van der Waals surface area contributed by atoms with Gasteiger partial charge >= 0.3 is 0 Å². The lowest BCUT2D eigenvalue weighted by molar-refractivity contribution is 0.0949. The average molecular weight is 372 g/mol. The van der Waals surface area contributed by atoms with Gasteiger partial charge in [-0.1, -0.05) is 42.5 Å². The summed E-state index contributed by atoms with van der Waals surface area (Å²) >= 11 is 0. The molecule has 1 amide bonds. The number of rotatable bonds is 5. The molecule has 2 aromatic heterocycles. The molecule has 5 nitrogen and oxygen atoms in total. The molecular weight excluding hydrogens is 348 g/mol. The molecule has 5 heteroatoms. The summed E-state index contributed by atoms with van der Waals surface area (Å²) in [6.07, 6.45) is 0. The number of nitrogens with zero attached hydrogens (tertiary/aromatic N) is 3. The SMILES string of the molecule is Cc1cc(C(=O)NCc2nc3ccccc3n2C)c(C)n1Cc1ccccc1. The van der Waals surface area contributed by atoms with Crippen molar-refractivity contribution in [1.29, 1.82) is 0 Å². The van der Waals surface area contributed by atoms with Gasteiger partial charge in [0, 0.05) is 25.0 Å². The third-order valence-corrected chi connectivity index (χ3v) is 5.29. The van der Waals surface area contributed by atoms with Crippen molar-refractivity contribution in [3.05, 3.63) is 89.0 Å². The van der Waals surface area contributed by atoms with E-state index in [9.17, 15) is 4.79 Å². The predicted octanol–water partition coefficient (Wildman–Crippen LogP) is 3.97. The lowest BCUT2D eigenvalue weighted by Gasteiger charge is -2.10. The molecule has 0 aliphatic carbocycles. The van der Waals surface area contributed by atoms with Crippen LogP contribution in [0.3, 0.4) is 0 Å². The standard InChI is InChI=1S/C23H24N4O/c1-16-13-19(17(2)27(16)15-18-9-5-4-6-10-18)23(28)24-14-22-25-20-11-7-8-12-21(20)26(22)3/h4-13H,14-15H2,1-3H3,(H,24,28). The Balaban J connectivity index is 1.52. The number of amides is 1. The van der Waals surface area contributed by atoms with Crippen molar-refractivity contribution in [3.63, 3.8) is 0 Å². The highest BCUT2D eigenvalue weighted by atomic mass is 16.1. The molecule has 0 saturated heterocycles. The maximum atomic E-state index is 12.8. The van der Waals surface area contributed by atoms with Gasteiger partial charge < -0.3 is 14.5 Å². The largest absolute Gasteiger partial charge is 0.345 e. The maximum Gasteiger partial charge on any atom is 0.253 e. The average Bonchev–Trinajstić information content (AvgIpc) is 3.18. The van der Waals surface area contributed by atoms with Gasteiger partial charge in [0.05, 0.1) is 23.1 Å². The molecule has 0 bridgehead atoms. The van der Waals surface area contributed by atoms with Crippen LogP contribution in [0.15, 0.2) is 60.7 Å². The number of para-hydroxylation sites is 2. The van der Waals surface area contributed by atoms with E-state index < -0.39 is 0 Å². The maximum absolute atomic E-state index is 12.8. The van der Waals surface area contributed by atoms with E-state index in [0.29, 0.717) is 12.1 Å². The van der Waals surface area contributed by atoms with Crippen LogP contribution in [0.4, 0.5) is 0 Å². The zero-order valence-electron chi connectivity index (χ0n) is 16.4. The fraction of sp³-hybridized carbons (Fsp3) is 0.217. The summed E-state index contributed by atoms with van der Waals surface area (Å²) in [5.74, 6) is 0.770. The smallest absolute Gasteiger partial charge is 0.253 e. The quantitative estimate of drug-likeness (QED) is 0.576. The molecule has 28 heavy (non-hydrogen) atoms. The van der Waals surface area contributed by atoms with Crippen molar-refractivity contribution in [2.45, 2.75) is 26.9 Å².